The van der Waals surface area contributed by atoms with Crippen molar-refractivity contribution in [3.63, 3.8) is 0 Å². The van der Waals surface area contributed by atoms with Crippen LogP contribution in [0.5, 0.6) is 5.75 Å². The second kappa shape index (κ2) is 7.86. The Bertz CT molecular complexity index is 1210. The van der Waals surface area contributed by atoms with Crippen LogP contribution in [0.4, 0.5) is 5.69 Å². The molecule has 3 rings (SSSR count). The van der Waals surface area contributed by atoms with Gasteiger partial charge in [-0.25, -0.2) is 4.57 Å². The van der Waals surface area contributed by atoms with E-state index in [-0.39, 0.29) is 16.6 Å². The number of nitrogens with one attached hydrogen (secondary N) is 1. The third-order valence-electron chi connectivity index (χ3n) is 5.48. The van der Waals surface area contributed by atoms with E-state index in [1.165, 1.54) is 10.2 Å². The lowest BCUT2D eigenvalue weighted by molar-refractivity contribution is -0.668. The maximum atomic E-state index is 12.2. The molecule has 0 unspecified atom stereocenters. The number of hydrogen-bond donors (Lipinski definition) is 2. The third-order valence-corrected chi connectivity index (χ3v) is 6.49. The lowest BCUT2D eigenvalue weighted by atomic mass is 9.79. The number of aromatic hydroxyl groups is 1. The van der Waals surface area contributed by atoms with Crippen molar-refractivity contribution in [3.8, 4) is 5.75 Å². The molecule has 0 spiro atoms. The van der Waals surface area contributed by atoms with Crippen LogP contribution in [-0.2, 0) is 27.4 Å². The molecule has 1 heterocycles. The number of imidazole rings is 1. The number of nitrogens with zero attached hydrogens (tertiary/aromatic N) is 2. The summed E-state index contributed by atoms with van der Waals surface area (Å²) in [5, 5.41) is 14.3. The Balaban J connectivity index is 1.92. The van der Waals surface area contributed by atoms with Gasteiger partial charge in [0.05, 0.1) is 18.5 Å². The number of benzene rings is 2. The minimum Gasteiger partial charge on any atom is -0.505 e. The predicted molar refractivity (Wildman–Crippen MR) is 126 cm³/mol. The second-order valence-corrected chi connectivity index (χ2v) is 12.1. The first-order valence-electron chi connectivity index (χ1n) is 10.5. The first-order valence-corrected chi connectivity index (χ1v) is 12.4. The van der Waals surface area contributed by atoms with Crippen LogP contribution in [0.2, 0.25) is 0 Å². The molecule has 0 aliphatic heterocycles. The van der Waals surface area contributed by atoms with Crippen LogP contribution in [0, 0.1) is 0 Å². The van der Waals surface area contributed by atoms with Crippen molar-refractivity contribution in [1.29, 1.82) is 0 Å². The molecule has 0 atom stereocenters. The predicted octanol–water partition coefficient (Wildman–Crippen LogP) is 4.15. The van der Waals surface area contributed by atoms with Gasteiger partial charge in [0.1, 0.15) is 12.3 Å². The van der Waals surface area contributed by atoms with E-state index in [1.54, 1.807) is 12.4 Å². The molecule has 0 saturated carbocycles. The quantitative estimate of drug-likeness (QED) is 0.458. The third kappa shape index (κ3) is 4.87. The standard InChI is InChI=1S/C24H33N3O3S/c1-23(2,3)17-14-18(24(4,5)6)22(28)19(15-17)25-12-13-26-16-27(31(7,29)30)21-11-9-8-10-20(21)26/h8-11,14-16,25H,12-13H2,1-7H3/p+1. The van der Waals surface area contributed by atoms with Crippen molar-refractivity contribution in [3.05, 3.63) is 53.9 Å². The SMILES string of the molecule is CC(C)(C)c1cc(NCC[n+]2cn(S(C)(=O)=O)c3ccccc32)c(O)c(C(C)(C)C)c1. The maximum absolute atomic E-state index is 12.2. The fraction of sp³-hybridized carbons (Fsp3) is 0.458. The number of fused-ring (bicyclic) bond motifs is 1. The van der Waals surface area contributed by atoms with E-state index in [0.29, 0.717) is 24.3 Å². The summed E-state index contributed by atoms with van der Waals surface area (Å²) >= 11 is 0. The zero-order valence-corrected chi connectivity index (χ0v) is 20.3. The van der Waals surface area contributed by atoms with Crippen molar-refractivity contribution in [2.75, 3.05) is 18.1 Å². The molecular formula is C24H34N3O3S+. The number of para-hydroxylation sites is 2. The monoisotopic (exact) mass is 444 g/mol. The van der Waals surface area contributed by atoms with Crippen LogP contribution in [0.1, 0.15) is 52.7 Å². The molecule has 3 aromatic rings. The minimum absolute atomic E-state index is 0.0538. The van der Waals surface area contributed by atoms with Gasteiger partial charge in [0.2, 0.25) is 0 Å². The average Bonchev–Trinajstić information content (AvgIpc) is 3.00. The van der Waals surface area contributed by atoms with Gasteiger partial charge in [0, 0.05) is 5.56 Å². The first kappa shape index (κ1) is 23.1. The van der Waals surface area contributed by atoms with Crippen molar-refractivity contribution in [2.45, 2.75) is 58.9 Å². The molecule has 1 aromatic heterocycles. The van der Waals surface area contributed by atoms with Gasteiger partial charge >= 0.3 is 10.0 Å². The van der Waals surface area contributed by atoms with Crippen LogP contribution in [0.15, 0.2) is 42.7 Å². The van der Waals surface area contributed by atoms with E-state index in [9.17, 15) is 13.5 Å². The smallest absolute Gasteiger partial charge is 0.302 e. The molecule has 0 saturated heterocycles. The van der Waals surface area contributed by atoms with Crippen molar-refractivity contribution in [1.82, 2.24) is 3.97 Å². The van der Waals surface area contributed by atoms with Gasteiger partial charge in [-0.2, -0.15) is 8.42 Å². The normalized spacial score (nSPS) is 13.0. The Kier molecular flexibility index (Phi) is 5.86. The second-order valence-electron chi connectivity index (χ2n) is 10.2. The molecule has 6 nitrogen and oxygen atoms in total. The highest BCUT2D eigenvalue weighted by Crippen LogP contribution is 2.40. The summed E-state index contributed by atoms with van der Waals surface area (Å²) in [6.07, 6.45) is 2.82. The van der Waals surface area contributed by atoms with Gasteiger partial charge in [0.25, 0.3) is 6.33 Å². The molecule has 31 heavy (non-hydrogen) atoms. The molecule has 0 fully saturated rings. The highest BCUT2D eigenvalue weighted by molar-refractivity contribution is 7.89. The molecule has 2 N–H and O–H groups in total. The highest BCUT2D eigenvalue weighted by Gasteiger charge is 2.25. The van der Waals surface area contributed by atoms with E-state index in [1.807, 2.05) is 28.8 Å². The number of rotatable bonds is 5. The topological polar surface area (TPSA) is 75.2 Å². The molecule has 2 aromatic carbocycles. The van der Waals surface area contributed by atoms with Crippen molar-refractivity contribution < 1.29 is 18.1 Å². The highest BCUT2D eigenvalue weighted by atomic mass is 32.2. The largest absolute Gasteiger partial charge is 0.505 e. The molecular weight excluding hydrogens is 410 g/mol. The fourth-order valence-corrected chi connectivity index (χ4v) is 4.47. The van der Waals surface area contributed by atoms with Crippen LogP contribution >= 0.6 is 0 Å². The molecule has 168 valence electrons. The summed E-state index contributed by atoms with van der Waals surface area (Å²) in [6.45, 7) is 13.8. The number of anilines is 1. The molecule has 0 aliphatic rings. The Morgan fingerprint density at radius 2 is 1.68 bits per heavy atom. The Hall–Kier alpha value is -2.54. The van der Waals surface area contributed by atoms with Gasteiger partial charge < -0.3 is 10.4 Å². The van der Waals surface area contributed by atoms with Gasteiger partial charge in [-0.15, -0.1) is 3.97 Å². The Morgan fingerprint density at radius 1 is 1.03 bits per heavy atom. The van der Waals surface area contributed by atoms with Crippen LogP contribution < -0.4 is 9.88 Å². The Morgan fingerprint density at radius 3 is 2.26 bits per heavy atom. The van der Waals surface area contributed by atoms with E-state index in [0.717, 1.165) is 16.6 Å². The summed E-state index contributed by atoms with van der Waals surface area (Å²) in [6, 6.07) is 11.5. The van der Waals surface area contributed by atoms with Gasteiger partial charge in [-0.3, -0.25) is 0 Å². The maximum Gasteiger partial charge on any atom is 0.302 e. The first-order chi connectivity index (χ1) is 14.2. The molecule has 0 radical (unpaired) electrons. The summed E-state index contributed by atoms with van der Waals surface area (Å²) < 4.78 is 27.5. The summed E-state index contributed by atoms with van der Waals surface area (Å²) in [4.78, 5) is 0. The van der Waals surface area contributed by atoms with Gasteiger partial charge in [-0.05, 0) is 34.6 Å². The number of phenolic OH excluding ortho intramolecular Hbond substituents is 1. The van der Waals surface area contributed by atoms with E-state index in [4.69, 9.17) is 0 Å². The van der Waals surface area contributed by atoms with Gasteiger partial charge in [0.15, 0.2) is 11.0 Å². The lowest BCUT2D eigenvalue weighted by Gasteiger charge is -2.27. The van der Waals surface area contributed by atoms with Crippen molar-refractivity contribution in [2.24, 2.45) is 0 Å². The van der Waals surface area contributed by atoms with Crippen LogP contribution in [-0.4, -0.2) is 30.3 Å². The molecule has 7 heteroatoms. The summed E-state index contributed by atoms with van der Waals surface area (Å²) in [5.74, 6) is 0.268. The molecule has 0 amide bonds. The zero-order valence-electron chi connectivity index (χ0n) is 19.5. The minimum atomic E-state index is -3.40. The fourth-order valence-electron chi connectivity index (χ4n) is 3.67. The van der Waals surface area contributed by atoms with E-state index in [2.05, 4.69) is 52.9 Å². The summed E-state index contributed by atoms with van der Waals surface area (Å²) in [5.41, 5.74) is 4.00. The van der Waals surface area contributed by atoms with E-state index >= 15 is 0 Å². The number of phenols is 1. The molecule has 0 bridgehead atoms. The number of aromatic nitrogens is 2. The van der Waals surface area contributed by atoms with Crippen LogP contribution in [0.3, 0.4) is 0 Å². The lowest BCUT2D eigenvalue weighted by Crippen LogP contribution is -2.36. The number of hydrogen-bond acceptors (Lipinski definition) is 4. The summed E-state index contributed by atoms with van der Waals surface area (Å²) in [7, 11) is -3.40. The Labute approximate surface area is 185 Å². The van der Waals surface area contributed by atoms with Crippen molar-refractivity contribution >= 4 is 26.7 Å². The van der Waals surface area contributed by atoms with Gasteiger partial charge in [-0.1, -0.05) is 59.7 Å². The van der Waals surface area contributed by atoms with Crippen LogP contribution in [0.25, 0.3) is 11.0 Å². The van der Waals surface area contributed by atoms with E-state index < -0.39 is 10.0 Å². The average molecular weight is 445 g/mol. The zero-order chi connectivity index (χ0) is 23.2. The molecule has 0 aliphatic carbocycles.